The highest BCUT2D eigenvalue weighted by atomic mass is 32.1. The largest absolute Gasteiger partial charge is 0.355 e. The summed E-state index contributed by atoms with van der Waals surface area (Å²) in [6, 6.07) is -0.638. The molecule has 0 unspecified atom stereocenters. The van der Waals surface area contributed by atoms with Crippen molar-refractivity contribution in [3.63, 3.8) is 0 Å². The van der Waals surface area contributed by atoms with Gasteiger partial charge in [0.15, 0.2) is 0 Å². The molecule has 0 radical (unpaired) electrons. The first-order valence-corrected chi connectivity index (χ1v) is 8.87. The van der Waals surface area contributed by atoms with Crippen molar-refractivity contribution in [3.8, 4) is 0 Å². The van der Waals surface area contributed by atoms with Gasteiger partial charge in [0.1, 0.15) is 16.7 Å². The molecule has 0 saturated carbocycles. The fourth-order valence-corrected chi connectivity index (χ4v) is 4.04. The first-order valence-electron chi connectivity index (χ1n) is 8.05. The molecule has 3 heterocycles. The second kappa shape index (κ2) is 6.35. The number of hydrogen-bond donors (Lipinski definition) is 2. The molecule has 1 atom stereocenters. The van der Waals surface area contributed by atoms with Crippen molar-refractivity contribution in [1.82, 2.24) is 20.2 Å². The number of nitrogens with one attached hydrogen (secondary N) is 2. The van der Waals surface area contributed by atoms with Crippen LogP contribution in [-0.4, -0.2) is 34.0 Å². The Bertz CT molecular complexity index is 884. The lowest BCUT2D eigenvalue weighted by Crippen LogP contribution is -2.44. The van der Waals surface area contributed by atoms with Crippen molar-refractivity contribution in [2.24, 2.45) is 0 Å². The lowest BCUT2D eigenvalue weighted by molar-refractivity contribution is -0.122. The second-order valence-corrected chi connectivity index (χ2v) is 6.91. The van der Waals surface area contributed by atoms with E-state index in [4.69, 9.17) is 0 Å². The molecule has 0 aliphatic carbocycles. The standard InChI is InChI=1S/C16H20N4O3S/c1-4-17-13(21)9(3)18-14(22)12-8(2)11-15(24-12)19-10-6-5-7-20(10)16(11)23/h9H,4-7H2,1-3H3,(H,17,21)(H,18,22)/t9-/m1/s1. The first-order chi connectivity index (χ1) is 11.4. The maximum absolute atomic E-state index is 12.6. The number of nitrogens with zero attached hydrogens (tertiary/aromatic N) is 2. The topological polar surface area (TPSA) is 93.1 Å². The average molecular weight is 348 g/mol. The van der Waals surface area contributed by atoms with E-state index in [2.05, 4.69) is 15.6 Å². The quantitative estimate of drug-likeness (QED) is 0.861. The number of aromatic nitrogens is 2. The van der Waals surface area contributed by atoms with Gasteiger partial charge < -0.3 is 10.6 Å². The summed E-state index contributed by atoms with van der Waals surface area (Å²) in [5.41, 5.74) is 0.562. The van der Waals surface area contributed by atoms with Crippen molar-refractivity contribution in [2.75, 3.05) is 6.54 Å². The predicted octanol–water partition coefficient (Wildman–Crippen LogP) is 0.967. The van der Waals surface area contributed by atoms with Crippen LogP contribution in [0.15, 0.2) is 4.79 Å². The molecule has 2 aromatic rings. The van der Waals surface area contributed by atoms with Crippen LogP contribution in [0.4, 0.5) is 0 Å². The fraction of sp³-hybridized carbons (Fsp3) is 0.500. The normalized spacial score (nSPS) is 14.5. The predicted molar refractivity (Wildman–Crippen MR) is 92.5 cm³/mol. The van der Waals surface area contributed by atoms with Gasteiger partial charge in [-0.1, -0.05) is 0 Å². The van der Waals surface area contributed by atoms with E-state index < -0.39 is 6.04 Å². The SMILES string of the molecule is CCNC(=O)[C@@H](C)NC(=O)c1sc2nc3n(c(=O)c2c1C)CCC3. The Morgan fingerprint density at radius 2 is 2.17 bits per heavy atom. The zero-order valence-corrected chi connectivity index (χ0v) is 14.7. The zero-order chi connectivity index (χ0) is 17.4. The number of fused-ring (bicyclic) bond motifs is 2. The van der Waals surface area contributed by atoms with Gasteiger partial charge in [0, 0.05) is 19.5 Å². The third-order valence-electron chi connectivity index (χ3n) is 4.21. The van der Waals surface area contributed by atoms with Crippen molar-refractivity contribution in [3.05, 3.63) is 26.6 Å². The summed E-state index contributed by atoms with van der Waals surface area (Å²) in [5, 5.41) is 5.86. The lowest BCUT2D eigenvalue weighted by Gasteiger charge is -2.12. The van der Waals surface area contributed by atoms with Gasteiger partial charge in [-0.05, 0) is 32.8 Å². The van der Waals surface area contributed by atoms with Crippen LogP contribution >= 0.6 is 11.3 Å². The highest BCUT2D eigenvalue weighted by Crippen LogP contribution is 2.28. The number of thiophene rings is 1. The van der Waals surface area contributed by atoms with Crippen LogP contribution in [0.2, 0.25) is 0 Å². The molecule has 0 spiro atoms. The van der Waals surface area contributed by atoms with Gasteiger partial charge >= 0.3 is 0 Å². The number of aryl methyl sites for hydroxylation is 2. The third kappa shape index (κ3) is 2.71. The van der Waals surface area contributed by atoms with E-state index in [1.165, 1.54) is 11.3 Å². The van der Waals surface area contributed by atoms with Crippen LogP contribution < -0.4 is 16.2 Å². The molecule has 0 fully saturated rings. The first kappa shape index (κ1) is 16.6. The summed E-state index contributed by atoms with van der Waals surface area (Å²) in [6.07, 6.45) is 1.72. The number of hydrogen-bond acceptors (Lipinski definition) is 5. The Kier molecular flexibility index (Phi) is 4.40. The summed E-state index contributed by atoms with van der Waals surface area (Å²) in [6.45, 7) is 6.40. The Morgan fingerprint density at radius 3 is 2.88 bits per heavy atom. The van der Waals surface area contributed by atoms with Gasteiger partial charge in [-0.15, -0.1) is 11.3 Å². The van der Waals surface area contributed by atoms with Gasteiger partial charge in [-0.25, -0.2) is 4.98 Å². The Labute approximate surface area is 143 Å². The van der Waals surface area contributed by atoms with E-state index in [1.807, 2.05) is 6.92 Å². The van der Waals surface area contributed by atoms with Crippen molar-refractivity contribution < 1.29 is 9.59 Å². The minimum Gasteiger partial charge on any atom is -0.355 e. The van der Waals surface area contributed by atoms with Gasteiger partial charge in [-0.3, -0.25) is 19.0 Å². The van der Waals surface area contributed by atoms with Crippen LogP contribution in [0.3, 0.4) is 0 Å². The molecule has 7 nitrogen and oxygen atoms in total. The summed E-state index contributed by atoms with van der Waals surface area (Å²) < 4.78 is 1.70. The molecule has 24 heavy (non-hydrogen) atoms. The van der Waals surface area contributed by atoms with E-state index in [0.29, 0.717) is 33.7 Å². The number of amides is 2. The molecule has 0 aromatic carbocycles. The monoisotopic (exact) mass is 348 g/mol. The molecule has 2 amide bonds. The minimum atomic E-state index is -0.638. The number of likely N-dealkylation sites (N-methyl/N-ethyl adjacent to an activating group) is 1. The van der Waals surface area contributed by atoms with E-state index >= 15 is 0 Å². The zero-order valence-electron chi connectivity index (χ0n) is 13.9. The fourth-order valence-electron chi connectivity index (χ4n) is 2.95. The molecule has 128 valence electrons. The third-order valence-corrected chi connectivity index (χ3v) is 5.39. The Hall–Kier alpha value is -2.22. The molecule has 0 saturated heterocycles. The van der Waals surface area contributed by atoms with Crippen molar-refractivity contribution >= 4 is 33.4 Å². The highest BCUT2D eigenvalue weighted by molar-refractivity contribution is 7.20. The highest BCUT2D eigenvalue weighted by Gasteiger charge is 2.24. The second-order valence-electron chi connectivity index (χ2n) is 5.91. The van der Waals surface area contributed by atoms with E-state index in [9.17, 15) is 14.4 Å². The van der Waals surface area contributed by atoms with Gasteiger partial charge in [0.2, 0.25) is 5.91 Å². The number of rotatable bonds is 4. The molecule has 1 aliphatic rings. The Morgan fingerprint density at radius 1 is 1.42 bits per heavy atom. The van der Waals surface area contributed by atoms with Crippen LogP contribution in [0.1, 0.15) is 41.3 Å². The van der Waals surface area contributed by atoms with Crippen LogP contribution in [-0.2, 0) is 17.8 Å². The molecular formula is C16H20N4O3S. The minimum absolute atomic E-state index is 0.0722. The molecule has 0 bridgehead atoms. The van der Waals surface area contributed by atoms with E-state index in [0.717, 1.165) is 18.7 Å². The molecule has 8 heteroatoms. The molecule has 2 N–H and O–H groups in total. The van der Waals surface area contributed by atoms with Crippen LogP contribution in [0, 0.1) is 6.92 Å². The average Bonchev–Trinajstić information content (AvgIpc) is 3.12. The smallest absolute Gasteiger partial charge is 0.262 e. The lowest BCUT2D eigenvalue weighted by atomic mass is 10.2. The van der Waals surface area contributed by atoms with Gasteiger partial charge in [0.05, 0.1) is 10.3 Å². The van der Waals surface area contributed by atoms with Crippen LogP contribution in [0.5, 0.6) is 0 Å². The van der Waals surface area contributed by atoms with Crippen molar-refractivity contribution in [1.29, 1.82) is 0 Å². The van der Waals surface area contributed by atoms with E-state index in [1.54, 1.807) is 18.4 Å². The molecule has 2 aromatic heterocycles. The van der Waals surface area contributed by atoms with Gasteiger partial charge in [0.25, 0.3) is 11.5 Å². The number of carbonyl (C=O) groups excluding carboxylic acids is 2. The molecular weight excluding hydrogens is 328 g/mol. The van der Waals surface area contributed by atoms with Gasteiger partial charge in [-0.2, -0.15) is 0 Å². The van der Waals surface area contributed by atoms with E-state index in [-0.39, 0.29) is 17.4 Å². The number of carbonyl (C=O) groups is 2. The van der Waals surface area contributed by atoms with Crippen molar-refractivity contribution in [2.45, 2.75) is 46.2 Å². The van der Waals surface area contributed by atoms with Crippen LogP contribution in [0.25, 0.3) is 10.2 Å². The maximum Gasteiger partial charge on any atom is 0.262 e. The summed E-state index contributed by atoms with van der Waals surface area (Å²) in [5.74, 6) is 0.206. The summed E-state index contributed by atoms with van der Waals surface area (Å²) in [7, 11) is 0. The maximum atomic E-state index is 12.6. The summed E-state index contributed by atoms with van der Waals surface area (Å²) >= 11 is 1.21. The Balaban J connectivity index is 1.95. The summed E-state index contributed by atoms with van der Waals surface area (Å²) in [4.78, 5) is 42.5. The molecule has 1 aliphatic heterocycles. The molecule has 3 rings (SSSR count).